The van der Waals surface area contributed by atoms with E-state index in [1.165, 1.54) is 13.0 Å². The van der Waals surface area contributed by atoms with Crippen molar-refractivity contribution >= 4 is 5.91 Å². The van der Waals surface area contributed by atoms with Gasteiger partial charge in [-0.3, -0.25) is 4.79 Å². The van der Waals surface area contributed by atoms with Gasteiger partial charge in [0.05, 0.1) is 6.04 Å². The Balaban J connectivity index is 1.66. The van der Waals surface area contributed by atoms with Crippen LogP contribution in [-0.4, -0.2) is 50.1 Å². The van der Waals surface area contributed by atoms with Crippen molar-refractivity contribution in [2.24, 2.45) is 5.92 Å². The molecule has 0 aromatic rings. The number of nitrogens with one attached hydrogen (secondary N) is 2. The molecule has 15 heavy (non-hydrogen) atoms. The van der Waals surface area contributed by atoms with Gasteiger partial charge in [-0.25, -0.2) is 0 Å². The number of hydrogen-bond donors (Lipinski definition) is 2. The van der Waals surface area contributed by atoms with E-state index in [0.29, 0.717) is 5.92 Å². The van der Waals surface area contributed by atoms with Gasteiger partial charge in [0.1, 0.15) is 0 Å². The van der Waals surface area contributed by atoms with E-state index in [-0.39, 0.29) is 11.9 Å². The van der Waals surface area contributed by atoms with Gasteiger partial charge >= 0.3 is 0 Å². The van der Waals surface area contributed by atoms with Crippen LogP contribution < -0.4 is 10.6 Å². The Hall–Kier alpha value is -0.610. The van der Waals surface area contributed by atoms with Crippen molar-refractivity contribution < 1.29 is 4.79 Å². The van der Waals surface area contributed by atoms with Gasteiger partial charge in [0, 0.05) is 13.1 Å². The van der Waals surface area contributed by atoms with Crippen LogP contribution in [0.4, 0.5) is 0 Å². The maximum Gasteiger partial charge on any atom is 0.237 e. The average molecular weight is 211 g/mol. The van der Waals surface area contributed by atoms with Crippen LogP contribution >= 0.6 is 0 Å². The first-order valence-corrected chi connectivity index (χ1v) is 5.95. The molecule has 2 unspecified atom stereocenters. The molecule has 2 N–H and O–H groups in total. The van der Waals surface area contributed by atoms with Gasteiger partial charge in [0.25, 0.3) is 0 Å². The van der Waals surface area contributed by atoms with Crippen LogP contribution in [0.5, 0.6) is 0 Å². The number of rotatable bonds is 3. The molecule has 2 atom stereocenters. The number of amides is 1. The van der Waals surface area contributed by atoms with Crippen LogP contribution in [0.3, 0.4) is 0 Å². The molecule has 4 heteroatoms. The molecule has 2 aliphatic heterocycles. The second-order valence-electron chi connectivity index (χ2n) is 4.81. The van der Waals surface area contributed by atoms with Crippen molar-refractivity contribution in [1.29, 1.82) is 0 Å². The summed E-state index contributed by atoms with van der Waals surface area (Å²) in [6, 6.07) is 0.0733. The molecular weight excluding hydrogens is 190 g/mol. The molecule has 0 saturated carbocycles. The van der Waals surface area contributed by atoms with Crippen LogP contribution in [0.2, 0.25) is 0 Å². The Morgan fingerprint density at radius 1 is 1.53 bits per heavy atom. The third-order valence-corrected chi connectivity index (χ3v) is 3.43. The van der Waals surface area contributed by atoms with Gasteiger partial charge in [-0.2, -0.15) is 0 Å². The first-order valence-electron chi connectivity index (χ1n) is 5.95. The zero-order chi connectivity index (χ0) is 10.7. The highest BCUT2D eigenvalue weighted by atomic mass is 16.2. The molecule has 0 aromatic carbocycles. The molecule has 0 spiro atoms. The Labute approximate surface area is 91.4 Å². The normalized spacial score (nSPS) is 32.1. The van der Waals surface area contributed by atoms with Gasteiger partial charge in [-0.15, -0.1) is 0 Å². The third-order valence-electron chi connectivity index (χ3n) is 3.43. The summed E-state index contributed by atoms with van der Waals surface area (Å²) in [6.07, 6.45) is 3.34. The van der Waals surface area contributed by atoms with Gasteiger partial charge < -0.3 is 15.5 Å². The molecular formula is C11H21N3O. The number of carbonyl (C=O) groups is 1. The SMILES string of the molecule is CN1CCC(CNC(=O)C2CCCN2)C1. The van der Waals surface area contributed by atoms with E-state index in [9.17, 15) is 4.79 Å². The molecule has 4 nitrogen and oxygen atoms in total. The van der Waals surface area contributed by atoms with E-state index < -0.39 is 0 Å². The lowest BCUT2D eigenvalue weighted by Gasteiger charge is -2.14. The summed E-state index contributed by atoms with van der Waals surface area (Å²) in [4.78, 5) is 14.0. The van der Waals surface area contributed by atoms with E-state index in [0.717, 1.165) is 32.5 Å². The smallest absolute Gasteiger partial charge is 0.237 e. The highest BCUT2D eigenvalue weighted by molar-refractivity contribution is 5.81. The summed E-state index contributed by atoms with van der Waals surface area (Å²) in [5, 5.41) is 6.28. The third kappa shape index (κ3) is 2.92. The Bertz CT molecular complexity index is 226. The van der Waals surface area contributed by atoms with E-state index in [1.54, 1.807) is 0 Å². The lowest BCUT2D eigenvalue weighted by atomic mass is 10.1. The number of likely N-dealkylation sites (tertiary alicyclic amines) is 1. The van der Waals surface area contributed by atoms with E-state index >= 15 is 0 Å². The summed E-state index contributed by atoms with van der Waals surface area (Å²) < 4.78 is 0. The van der Waals surface area contributed by atoms with Gasteiger partial charge in [0.15, 0.2) is 0 Å². The Morgan fingerprint density at radius 3 is 3.00 bits per heavy atom. The van der Waals surface area contributed by atoms with E-state index in [2.05, 4.69) is 22.6 Å². The van der Waals surface area contributed by atoms with Crippen molar-refractivity contribution in [3.8, 4) is 0 Å². The van der Waals surface area contributed by atoms with Gasteiger partial charge in [-0.05, 0) is 45.3 Å². The van der Waals surface area contributed by atoms with Crippen molar-refractivity contribution in [1.82, 2.24) is 15.5 Å². The summed E-state index contributed by atoms with van der Waals surface area (Å²) in [6.45, 7) is 4.13. The lowest BCUT2D eigenvalue weighted by Crippen LogP contribution is -2.42. The van der Waals surface area contributed by atoms with Crippen LogP contribution in [0.15, 0.2) is 0 Å². The summed E-state index contributed by atoms with van der Waals surface area (Å²) >= 11 is 0. The van der Waals surface area contributed by atoms with Crippen molar-refractivity contribution in [3.63, 3.8) is 0 Å². The van der Waals surface area contributed by atoms with Crippen LogP contribution in [0.1, 0.15) is 19.3 Å². The fraction of sp³-hybridized carbons (Fsp3) is 0.909. The standard InChI is InChI=1S/C11H21N3O/c1-14-6-4-9(8-14)7-13-11(15)10-3-2-5-12-10/h9-10,12H,2-8H2,1H3,(H,13,15). The van der Waals surface area contributed by atoms with Gasteiger partial charge in [0.2, 0.25) is 5.91 Å². The minimum atomic E-state index is 0.0733. The second-order valence-corrected chi connectivity index (χ2v) is 4.81. The first-order chi connectivity index (χ1) is 7.25. The second kappa shape index (κ2) is 4.94. The van der Waals surface area contributed by atoms with Gasteiger partial charge in [-0.1, -0.05) is 0 Å². The molecule has 1 amide bonds. The lowest BCUT2D eigenvalue weighted by molar-refractivity contribution is -0.122. The summed E-state index contributed by atoms with van der Waals surface area (Å²) in [7, 11) is 2.14. The van der Waals surface area contributed by atoms with Crippen molar-refractivity contribution in [3.05, 3.63) is 0 Å². The molecule has 2 heterocycles. The highest BCUT2D eigenvalue weighted by Gasteiger charge is 2.24. The minimum Gasteiger partial charge on any atom is -0.354 e. The number of carbonyl (C=O) groups excluding carboxylic acids is 1. The van der Waals surface area contributed by atoms with Crippen molar-refractivity contribution in [2.75, 3.05) is 33.2 Å². The molecule has 2 fully saturated rings. The Morgan fingerprint density at radius 2 is 2.40 bits per heavy atom. The molecule has 2 saturated heterocycles. The topological polar surface area (TPSA) is 44.4 Å². The maximum absolute atomic E-state index is 11.7. The summed E-state index contributed by atoms with van der Waals surface area (Å²) in [5.41, 5.74) is 0. The predicted octanol–water partition coefficient (Wildman–Crippen LogP) is -0.194. The molecule has 2 rings (SSSR count). The summed E-state index contributed by atoms with van der Waals surface area (Å²) in [5.74, 6) is 0.849. The molecule has 2 aliphatic rings. The minimum absolute atomic E-state index is 0.0733. The largest absolute Gasteiger partial charge is 0.354 e. The molecule has 0 bridgehead atoms. The highest BCUT2D eigenvalue weighted by Crippen LogP contribution is 2.13. The van der Waals surface area contributed by atoms with Crippen LogP contribution in [-0.2, 0) is 4.79 Å². The fourth-order valence-corrected chi connectivity index (χ4v) is 2.47. The number of nitrogens with zero attached hydrogens (tertiary/aromatic N) is 1. The molecule has 0 aromatic heterocycles. The van der Waals surface area contributed by atoms with Crippen molar-refractivity contribution in [2.45, 2.75) is 25.3 Å². The number of hydrogen-bond acceptors (Lipinski definition) is 3. The maximum atomic E-state index is 11.7. The zero-order valence-corrected chi connectivity index (χ0v) is 9.46. The quantitative estimate of drug-likeness (QED) is 0.680. The molecule has 86 valence electrons. The van der Waals surface area contributed by atoms with E-state index in [1.807, 2.05) is 0 Å². The van der Waals surface area contributed by atoms with Crippen LogP contribution in [0, 0.1) is 5.92 Å². The Kier molecular flexibility index (Phi) is 3.59. The monoisotopic (exact) mass is 211 g/mol. The predicted molar refractivity (Wildman–Crippen MR) is 59.6 cm³/mol. The zero-order valence-electron chi connectivity index (χ0n) is 9.46. The van der Waals surface area contributed by atoms with Crippen LogP contribution in [0.25, 0.3) is 0 Å². The average Bonchev–Trinajstić information content (AvgIpc) is 2.84. The van der Waals surface area contributed by atoms with E-state index in [4.69, 9.17) is 0 Å². The first kappa shape index (κ1) is 10.9. The fourth-order valence-electron chi connectivity index (χ4n) is 2.47. The molecule has 0 aliphatic carbocycles. The molecule has 0 radical (unpaired) electrons.